The van der Waals surface area contributed by atoms with Gasteiger partial charge in [-0.05, 0) is 6.54 Å². The average Bonchev–Trinajstić information content (AvgIpc) is 2.79. The van der Waals surface area contributed by atoms with E-state index in [1.165, 1.54) is 0 Å². The Hall–Kier alpha value is -1.61. The highest BCUT2D eigenvalue weighted by Gasteiger charge is 2.04. The van der Waals surface area contributed by atoms with Gasteiger partial charge in [-0.3, -0.25) is 0 Å². The van der Waals surface area contributed by atoms with Crippen molar-refractivity contribution in [3.8, 4) is 11.3 Å². The molecule has 0 aliphatic heterocycles. The zero-order valence-corrected chi connectivity index (χ0v) is 9.44. The van der Waals surface area contributed by atoms with E-state index in [2.05, 4.69) is 17.2 Å². The quantitative estimate of drug-likeness (QED) is 0.780. The minimum absolute atomic E-state index is 0.791. The van der Waals surface area contributed by atoms with Gasteiger partial charge in [-0.2, -0.15) is 0 Å². The second-order valence-corrected chi connectivity index (χ2v) is 3.59. The van der Waals surface area contributed by atoms with Crippen molar-refractivity contribution in [2.24, 2.45) is 0 Å². The maximum Gasteiger partial charge on any atom is 0.196 e. The molecule has 0 radical (unpaired) electrons. The summed E-state index contributed by atoms with van der Waals surface area (Å²) in [6, 6.07) is 10.0. The van der Waals surface area contributed by atoms with Crippen LogP contribution in [-0.2, 0) is 6.42 Å². The van der Waals surface area contributed by atoms with Crippen LogP contribution in [0.2, 0.25) is 0 Å². The topological polar surface area (TPSA) is 38.1 Å². The Bertz CT molecular complexity index is 423. The van der Waals surface area contributed by atoms with Crippen molar-refractivity contribution in [2.75, 3.05) is 13.1 Å². The number of benzene rings is 1. The highest BCUT2D eigenvalue weighted by molar-refractivity contribution is 5.55. The summed E-state index contributed by atoms with van der Waals surface area (Å²) in [4.78, 5) is 4.26. The van der Waals surface area contributed by atoms with Crippen molar-refractivity contribution in [3.63, 3.8) is 0 Å². The van der Waals surface area contributed by atoms with Gasteiger partial charge in [0.15, 0.2) is 11.7 Å². The van der Waals surface area contributed by atoms with Crippen molar-refractivity contribution in [3.05, 3.63) is 42.4 Å². The lowest BCUT2D eigenvalue weighted by atomic mass is 10.2. The third-order valence-electron chi connectivity index (χ3n) is 2.38. The number of aromatic nitrogens is 1. The highest BCUT2D eigenvalue weighted by atomic mass is 16.4. The molecule has 16 heavy (non-hydrogen) atoms. The fraction of sp³-hybridized carbons (Fsp3) is 0.308. The molecule has 84 valence electrons. The van der Waals surface area contributed by atoms with Crippen LogP contribution in [0.4, 0.5) is 0 Å². The summed E-state index contributed by atoms with van der Waals surface area (Å²) >= 11 is 0. The molecule has 3 nitrogen and oxygen atoms in total. The molecule has 3 heteroatoms. The van der Waals surface area contributed by atoms with Crippen LogP contribution in [0.3, 0.4) is 0 Å². The van der Waals surface area contributed by atoms with Gasteiger partial charge in [-0.1, -0.05) is 37.3 Å². The van der Waals surface area contributed by atoms with E-state index in [1.54, 1.807) is 6.20 Å². The SMILES string of the molecule is CCNCCc1ncc(-c2ccccc2)o1. The number of nitrogens with one attached hydrogen (secondary N) is 1. The molecule has 1 heterocycles. The van der Waals surface area contributed by atoms with E-state index in [9.17, 15) is 0 Å². The van der Waals surface area contributed by atoms with Crippen molar-refractivity contribution in [1.29, 1.82) is 0 Å². The van der Waals surface area contributed by atoms with E-state index >= 15 is 0 Å². The summed E-state index contributed by atoms with van der Waals surface area (Å²) in [7, 11) is 0. The molecule has 0 atom stereocenters. The molecular weight excluding hydrogens is 200 g/mol. The van der Waals surface area contributed by atoms with Crippen LogP contribution in [0.5, 0.6) is 0 Å². The zero-order valence-electron chi connectivity index (χ0n) is 9.44. The summed E-state index contributed by atoms with van der Waals surface area (Å²) < 4.78 is 5.67. The van der Waals surface area contributed by atoms with Gasteiger partial charge in [0.2, 0.25) is 0 Å². The van der Waals surface area contributed by atoms with Crippen LogP contribution in [0.25, 0.3) is 11.3 Å². The van der Waals surface area contributed by atoms with Gasteiger partial charge in [0.25, 0.3) is 0 Å². The first-order valence-corrected chi connectivity index (χ1v) is 5.61. The molecule has 2 rings (SSSR count). The predicted molar refractivity (Wildman–Crippen MR) is 64.2 cm³/mol. The van der Waals surface area contributed by atoms with Crippen molar-refractivity contribution in [1.82, 2.24) is 10.3 Å². The van der Waals surface area contributed by atoms with Gasteiger partial charge < -0.3 is 9.73 Å². The number of rotatable bonds is 5. The molecule has 0 aliphatic carbocycles. The fourth-order valence-electron chi connectivity index (χ4n) is 1.53. The molecule has 0 spiro atoms. The maximum absolute atomic E-state index is 5.67. The molecule has 0 fully saturated rings. The van der Waals surface area contributed by atoms with Crippen LogP contribution in [0, 0.1) is 0 Å². The molecular formula is C13H16N2O. The third-order valence-corrected chi connectivity index (χ3v) is 2.38. The normalized spacial score (nSPS) is 10.6. The maximum atomic E-state index is 5.67. The van der Waals surface area contributed by atoms with Gasteiger partial charge in [0.05, 0.1) is 6.20 Å². The lowest BCUT2D eigenvalue weighted by molar-refractivity contribution is 0.497. The van der Waals surface area contributed by atoms with E-state index in [0.717, 1.165) is 36.7 Å². The van der Waals surface area contributed by atoms with Gasteiger partial charge in [-0.25, -0.2) is 4.98 Å². The second-order valence-electron chi connectivity index (χ2n) is 3.59. The van der Waals surface area contributed by atoms with Crippen LogP contribution < -0.4 is 5.32 Å². The van der Waals surface area contributed by atoms with E-state index in [0.29, 0.717) is 0 Å². The summed E-state index contributed by atoms with van der Waals surface area (Å²) in [5, 5.41) is 3.25. The number of hydrogen-bond acceptors (Lipinski definition) is 3. The molecule has 1 N–H and O–H groups in total. The summed E-state index contributed by atoms with van der Waals surface area (Å²) in [6.45, 7) is 3.97. The molecule has 0 bridgehead atoms. The third kappa shape index (κ3) is 2.70. The number of oxazole rings is 1. The van der Waals surface area contributed by atoms with Gasteiger partial charge in [0.1, 0.15) is 0 Å². The first kappa shape index (κ1) is 10.9. The van der Waals surface area contributed by atoms with Crippen molar-refractivity contribution >= 4 is 0 Å². The average molecular weight is 216 g/mol. The Morgan fingerprint density at radius 2 is 2.06 bits per heavy atom. The molecule has 0 amide bonds. The van der Waals surface area contributed by atoms with Crippen LogP contribution >= 0.6 is 0 Å². The Morgan fingerprint density at radius 1 is 1.25 bits per heavy atom. The Morgan fingerprint density at radius 3 is 2.81 bits per heavy atom. The fourth-order valence-corrected chi connectivity index (χ4v) is 1.53. The summed E-state index contributed by atoms with van der Waals surface area (Å²) in [6.07, 6.45) is 2.62. The number of likely N-dealkylation sites (N-methyl/N-ethyl adjacent to an activating group) is 1. The minimum Gasteiger partial charge on any atom is -0.441 e. The largest absolute Gasteiger partial charge is 0.441 e. The first-order chi connectivity index (χ1) is 7.90. The van der Waals surface area contributed by atoms with E-state index in [4.69, 9.17) is 4.42 Å². The van der Waals surface area contributed by atoms with Gasteiger partial charge >= 0.3 is 0 Å². The first-order valence-electron chi connectivity index (χ1n) is 5.61. The Labute approximate surface area is 95.5 Å². The minimum atomic E-state index is 0.791. The summed E-state index contributed by atoms with van der Waals surface area (Å²) in [5.41, 5.74) is 1.07. The van der Waals surface area contributed by atoms with Crippen LogP contribution in [0.15, 0.2) is 40.9 Å². The lowest BCUT2D eigenvalue weighted by Gasteiger charge is -1.97. The molecule has 0 aliphatic rings. The molecule has 1 aromatic carbocycles. The number of hydrogen-bond donors (Lipinski definition) is 1. The molecule has 0 saturated carbocycles. The predicted octanol–water partition coefficient (Wildman–Crippen LogP) is 2.49. The Balaban J connectivity index is 2.02. The van der Waals surface area contributed by atoms with E-state index < -0.39 is 0 Å². The van der Waals surface area contributed by atoms with E-state index in [-0.39, 0.29) is 0 Å². The van der Waals surface area contributed by atoms with Crippen molar-refractivity contribution < 1.29 is 4.42 Å². The smallest absolute Gasteiger partial charge is 0.196 e. The molecule has 0 saturated heterocycles. The lowest BCUT2D eigenvalue weighted by Crippen LogP contribution is -2.16. The zero-order chi connectivity index (χ0) is 11.2. The molecule has 1 aromatic heterocycles. The van der Waals surface area contributed by atoms with Crippen LogP contribution in [-0.4, -0.2) is 18.1 Å². The Kier molecular flexibility index (Phi) is 3.72. The standard InChI is InChI=1S/C13H16N2O/c1-2-14-9-8-13-15-10-12(16-13)11-6-4-3-5-7-11/h3-7,10,14H,2,8-9H2,1H3. The highest BCUT2D eigenvalue weighted by Crippen LogP contribution is 2.19. The summed E-state index contributed by atoms with van der Waals surface area (Å²) in [5.74, 6) is 1.63. The van der Waals surface area contributed by atoms with Crippen LogP contribution in [0.1, 0.15) is 12.8 Å². The molecule has 2 aromatic rings. The van der Waals surface area contributed by atoms with Crippen molar-refractivity contribution in [2.45, 2.75) is 13.3 Å². The van der Waals surface area contributed by atoms with Gasteiger partial charge in [0, 0.05) is 18.5 Å². The number of nitrogens with zero attached hydrogens (tertiary/aromatic N) is 1. The second kappa shape index (κ2) is 5.47. The molecule has 0 unspecified atom stereocenters. The monoisotopic (exact) mass is 216 g/mol. The van der Waals surface area contributed by atoms with Gasteiger partial charge in [-0.15, -0.1) is 0 Å². The van der Waals surface area contributed by atoms with E-state index in [1.807, 2.05) is 30.3 Å².